The van der Waals surface area contributed by atoms with Crippen molar-refractivity contribution in [1.29, 1.82) is 0 Å². The van der Waals surface area contributed by atoms with Gasteiger partial charge in [-0.3, -0.25) is 9.59 Å². The summed E-state index contributed by atoms with van der Waals surface area (Å²) in [6.07, 6.45) is 4.26. The molecule has 3 aromatic carbocycles. The van der Waals surface area contributed by atoms with Crippen LogP contribution in [-0.2, 0) is 16.0 Å². The van der Waals surface area contributed by atoms with Crippen molar-refractivity contribution in [2.24, 2.45) is 5.73 Å². The fraction of sp³-hybridized carbons (Fsp3) is 0.133. The van der Waals surface area contributed by atoms with Gasteiger partial charge in [-0.1, -0.05) is 47.5 Å². The van der Waals surface area contributed by atoms with Crippen molar-refractivity contribution in [3.63, 3.8) is 0 Å². The van der Waals surface area contributed by atoms with E-state index in [1.165, 1.54) is 12.1 Å². The number of ether oxygens (including phenoxy) is 1. The Morgan fingerprint density at radius 2 is 1.74 bits per heavy atom. The molecule has 9 heteroatoms. The molecular formula is C30H23Cl2N3O4. The fourth-order valence-corrected chi connectivity index (χ4v) is 4.94. The number of esters is 1. The highest BCUT2D eigenvalue weighted by atomic mass is 35.5. The number of hydrogen-bond donors (Lipinski definition) is 2. The predicted molar refractivity (Wildman–Crippen MR) is 153 cm³/mol. The molecule has 3 N–H and O–H groups in total. The molecule has 7 nitrogen and oxygen atoms in total. The molecule has 0 unspecified atom stereocenters. The van der Waals surface area contributed by atoms with Gasteiger partial charge in [0.2, 0.25) is 5.91 Å². The van der Waals surface area contributed by atoms with Gasteiger partial charge in [0.25, 0.3) is 5.91 Å². The first-order valence-corrected chi connectivity index (χ1v) is 13.0. The molecule has 1 aromatic heterocycles. The van der Waals surface area contributed by atoms with Crippen LogP contribution in [0, 0.1) is 0 Å². The van der Waals surface area contributed by atoms with Gasteiger partial charge in [0, 0.05) is 16.6 Å². The van der Waals surface area contributed by atoms with E-state index in [2.05, 4.69) is 5.32 Å². The molecule has 0 atom stereocenters. The lowest BCUT2D eigenvalue weighted by atomic mass is 9.86. The van der Waals surface area contributed by atoms with Crippen molar-refractivity contribution < 1.29 is 19.1 Å². The summed E-state index contributed by atoms with van der Waals surface area (Å²) in [4.78, 5) is 42.1. The first kappa shape index (κ1) is 26.4. The van der Waals surface area contributed by atoms with Gasteiger partial charge in [0.05, 0.1) is 26.8 Å². The van der Waals surface area contributed by atoms with Gasteiger partial charge in [-0.15, -0.1) is 0 Å². The Hall–Kier alpha value is -4.20. The SMILES string of the molecule is NC(=O)c1ccc(NC(=O)COC(=O)c2c3c(nc4ccccc24)C(=Cc2ccc(Cl)c(Cl)c2)CCC3)cc1. The lowest BCUT2D eigenvalue weighted by Gasteiger charge is -2.22. The summed E-state index contributed by atoms with van der Waals surface area (Å²) in [6, 6.07) is 18.9. The monoisotopic (exact) mass is 559 g/mol. The summed E-state index contributed by atoms with van der Waals surface area (Å²) in [7, 11) is 0. The zero-order chi connectivity index (χ0) is 27.5. The maximum Gasteiger partial charge on any atom is 0.339 e. The molecule has 1 heterocycles. The van der Waals surface area contributed by atoms with Crippen LogP contribution in [0.15, 0.2) is 66.7 Å². The number of primary amides is 1. The number of allylic oxidation sites excluding steroid dienone is 1. The largest absolute Gasteiger partial charge is 0.452 e. The van der Waals surface area contributed by atoms with E-state index in [1.54, 1.807) is 24.3 Å². The minimum atomic E-state index is -0.597. The molecule has 196 valence electrons. The third kappa shape index (κ3) is 5.79. The van der Waals surface area contributed by atoms with Crippen LogP contribution < -0.4 is 11.1 Å². The normalized spacial score (nSPS) is 13.6. The van der Waals surface area contributed by atoms with E-state index < -0.39 is 24.4 Å². The van der Waals surface area contributed by atoms with E-state index in [-0.39, 0.29) is 0 Å². The highest BCUT2D eigenvalue weighted by Gasteiger charge is 2.26. The van der Waals surface area contributed by atoms with Crippen LogP contribution in [0.25, 0.3) is 22.6 Å². The van der Waals surface area contributed by atoms with E-state index in [1.807, 2.05) is 36.4 Å². The molecule has 5 rings (SSSR count). The number of hydrogen-bond acceptors (Lipinski definition) is 5. The van der Waals surface area contributed by atoms with Crippen LogP contribution in [0.3, 0.4) is 0 Å². The van der Waals surface area contributed by atoms with Crippen LogP contribution in [0.2, 0.25) is 10.0 Å². The molecular weight excluding hydrogens is 537 g/mol. The number of rotatable bonds is 6. The fourth-order valence-electron chi connectivity index (χ4n) is 4.63. The Labute approximate surface area is 234 Å². The molecule has 0 aliphatic heterocycles. The summed E-state index contributed by atoms with van der Waals surface area (Å²) < 4.78 is 5.48. The Bertz CT molecular complexity index is 1650. The zero-order valence-corrected chi connectivity index (χ0v) is 22.2. The first-order chi connectivity index (χ1) is 18.8. The number of nitrogens with two attached hydrogens (primary N) is 1. The zero-order valence-electron chi connectivity index (χ0n) is 20.7. The second-order valence-electron chi connectivity index (χ2n) is 9.09. The third-order valence-electron chi connectivity index (χ3n) is 6.45. The van der Waals surface area contributed by atoms with Gasteiger partial charge >= 0.3 is 5.97 Å². The summed E-state index contributed by atoms with van der Waals surface area (Å²) in [5, 5.41) is 4.25. The maximum absolute atomic E-state index is 13.4. The van der Waals surface area contributed by atoms with Crippen LogP contribution in [0.4, 0.5) is 5.69 Å². The van der Waals surface area contributed by atoms with E-state index in [4.69, 9.17) is 38.7 Å². The average Bonchev–Trinajstić information content (AvgIpc) is 2.93. The standard InChI is InChI=1S/C30H23Cl2N3O4/c31-23-13-8-17(15-24(23)32)14-19-4-3-6-22-27(21-5-1-2-7-25(21)35-28(19)22)30(38)39-16-26(36)34-20-11-9-18(10-12-20)29(33)37/h1-2,5,7-15H,3-4,6,16H2,(H2,33,37)(H,34,36). The second kappa shape index (κ2) is 11.3. The predicted octanol–water partition coefficient (Wildman–Crippen LogP) is 6.31. The van der Waals surface area contributed by atoms with Gasteiger partial charge in [-0.25, -0.2) is 9.78 Å². The molecule has 1 aliphatic carbocycles. The molecule has 0 saturated carbocycles. The lowest BCUT2D eigenvalue weighted by molar-refractivity contribution is -0.119. The van der Waals surface area contributed by atoms with Gasteiger partial charge in [0.1, 0.15) is 0 Å². The molecule has 0 spiro atoms. The molecule has 2 amide bonds. The number of carbonyl (C=O) groups excluding carboxylic acids is 3. The summed E-state index contributed by atoms with van der Waals surface area (Å²) >= 11 is 12.3. The summed E-state index contributed by atoms with van der Waals surface area (Å²) in [5.41, 5.74) is 10.5. The number of anilines is 1. The van der Waals surface area contributed by atoms with Gasteiger partial charge in [-0.05, 0) is 84.5 Å². The number of halogens is 2. The first-order valence-electron chi connectivity index (χ1n) is 12.2. The molecule has 0 fully saturated rings. The molecule has 0 bridgehead atoms. The number of pyridine rings is 1. The van der Waals surface area contributed by atoms with Crippen molar-refractivity contribution in [2.45, 2.75) is 19.3 Å². The number of carbonyl (C=O) groups is 3. The minimum Gasteiger partial charge on any atom is -0.452 e. The Kier molecular flexibility index (Phi) is 7.63. The quantitative estimate of drug-likeness (QED) is 0.269. The smallest absolute Gasteiger partial charge is 0.339 e. The number of fused-ring (bicyclic) bond motifs is 2. The summed E-state index contributed by atoms with van der Waals surface area (Å²) in [5.74, 6) is -1.67. The van der Waals surface area contributed by atoms with E-state index in [0.717, 1.165) is 35.2 Å². The molecule has 0 saturated heterocycles. The van der Waals surface area contributed by atoms with Crippen LogP contribution in [0.5, 0.6) is 0 Å². The third-order valence-corrected chi connectivity index (χ3v) is 7.19. The average molecular weight is 560 g/mol. The lowest BCUT2D eigenvalue weighted by Crippen LogP contribution is -2.22. The number of benzene rings is 3. The Balaban J connectivity index is 1.42. The van der Waals surface area contributed by atoms with Crippen molar-refractivity contribution in [3.05, 3.63) is 105 Å². The molecule has 4 aromatic rings. The number of nitrogens with one attached hydrogen (secondary N) is 1. The van der Waals surface area contributed by atoms with Gasteiger partial charge in [0.15, 0.2) is 6.61 Å². The van der Waals surface area contributed by atoms with Crippen molar-refractivity contribution >= 4 is 69.2 Å². The van der Waals surface area contributed by atoms with Crippen molar-refractivity contribution in [2.75, 3.05) is 11.9 Å². The van der Waals surface area contributed by atoms with Crippen LogP contribution in [-0.4, -0.2) is 29.4 Å². The number of para-hydroxylation sites is 1. The molecule has 39 heavy (non-hydrogen) atoms. The molecule has 1 aliphatic rings. The van der Waals surface area contributed by atoms with Crippen molar-refractivity contribution in [3.8, 4) is 0 Å². The van der Waals surface area contributed by atoms with E-state index in [0.29, 0.717) is 44.2 Å². The summed E-state index contributed by atoms with van der Waals surface area (Å²) in [6.45, 7) is -0.478. The van der Waals surface area contributed by atoms with Gasteiger partial charge in [-0.2, -0.15) is 0 Å². The van der Waals surface area contributed by atoms with Crippen molar-refractivity contribution in [1.82, 2.24) is 4.98 Å². The van der Waals surface area contributed by atoms with Gasteiger partial charge < -0.3 is 15.8 Å². The Morgan fingerprint density at radius 3 is 2.49 bits per heavy atom. The molecule has 0 radical (unpaired) electrons. The number of nitrogens with zero attached hydrogens (tertiary/aromatic N) is 1. The maximum atomic E-state index is 13.4. The minimum absolute atomic E-state index is 0.321. The van der Waals surface area contributed by atoms with E-state index >= 15 is 0 Å². The van der Waals surface area contributed by atoms with Crippen LogP contribution in [0.1, 0.15) is 50.4 Å². The highest BCUT2D eigenvalue weighted by Crippen LogP contribution is 2.37. The topological polar surface area (TPSA) is 111 Å². The highest BCUT2D eigenvalue weighted by molar-refractivity contribution is 6.42. The Morgan fingerprint density at radius 1 is 0.974 bits per heavy atom. The second-order valence-corrected chi connectivity index (χ2v) is 9.91. The number of amides is 2. The number of aromatic nitrogens is 1. The van der Waals surface area contributed by atoms with Crippen LogP contribution >= 0.6 is 23.2 Å². The van der Waals surface area contributed by atoms with E-state index in [9.17, 15) is 14.4 Å².